The number of aromatic amines is 1. The average molecular weight is 480 g/mol. The normalized spacial score (nSPS) is 11.5. The van der Waals surface area contributed by atoms with Crippen LogP contribution in [0.5, 0.6) is 0 Å². The minimum absolute atomic E-state index is 0.0776. The van der Waals surface area contributed by atoms with Gasteiger partial charge in [0.15, 0.2) is 5.65 Å². The van der Waals surface area contributed by atoms with E-state index in [2.05, 4.69) is 29.4 Å². The van der Waals surface area contributed by atoms with Gasteiger partial charge in [0.1, 0.15) is 17.8 Å². The van der Waals surface area contributed by atoms with E-state index in [1.165, 1.54) is 6.33 Å². The number of fused-ring (bicyclic) bond motifs is 2. The fourth-order valence-electron chi connectivity index (χ4n) is 4.54. The zero-order chi connectivity index (χ0) is 24.1. The zero-order valence-electron chi connectivity index (χ0n) is 18.8. The Balaban J connectivity index is 1.64. The molecule has 0 spiro atoms. The van der Waals surface area contributed by atoms with Crippen LogP contribution >= 0.6 is 9.24 Å². The Morgan fingerprint density at radius 1 is 1.09 bits per heavy atom. The van der Waals surface area contributed by atoms with Crippen molar-refractivity contribution in [1.82, 2.24) is 34.5 Å². The highest BCUT2D eigenvalue weighted by molar-refractivity contribution is 7.27. The van der Waals surface area contributed by atoms with Crippen LogP contribution in [0, 0.1) is 6.92 Å². The molecular formula is C25H21N8OP. The molecular weight excluding hydrogens is 459 g/mol. The molecule has 0 amide bonds. The molecule has 3 N–H and O–H groups in total. The van der Waals surface area contributed by atoms with E-state index in [1.54, 1.807) is 21.6 Å². The second kappa shape index (κ2) is 8.14. The molecule has 0 aliphatic rings. The van der Waals surface area contributed by atoms with E-state index in [4.69, 9.17) is 10.8 Å². The second-order valence-corrected chi connectivity index (χ2v) is 8.95. The Kier molecular flexibility index (Phi) is 4.93. The molecule has 0 fully saturated rings. The third-order valence-corrected chi connectivity index (χ3v) is 6.64. The first-order valence-electron chi connectivity index (χ1n) is 11.0. The van der Waals surface area contributed by atoms with Crippen molar-refractivity contribution >= 4 is 42.2 Å². The van der Waals surface area contributed by atoms with E-state index in [1.807, 2.05) is 55.5 Å². The quantitative estimate of drug-likeness (QED) is 0.375. The number of pyridine rings is 1. The van der Waals surface area contributed by atoms with Crippen molar-refractivity contribution in [2.24, 2.45) is 0 Å². The summed E-state index contributed by atoms with van der Waals surface area (Å²) >= 11 is 0. The van der Waals surface area contributed by atoms with E-state index in [-0.39, 0.29) is 5.56 Å². The van der Waals surface area contributed by atoms with Crippen molar-refractivity contribution in [3.8, 4) is 16.9 Å². The molecule has 4 heterocycles. The van der Waals surface area contributed by atoms with E-state index < -0.39 is 0 Å². The molecule has 6 rings (SSSR count). The lowest BCUT2D eigenvalue weighted by Crippen LogP contribution is -2.27. The predicted molar refractivity (Wildman–Crippen MR) is 140 cm³/mol. The zero-order valence-corrected chi connectivity index (χ0v) is 20.0. The summed E-state index contributed by atoms with van der Waals surface area (Å²) in [6, 6.07) is 15.7. The molecule has 6 aromatic rings. The van der Waals surface area contributed by atoms with Gasteiger partial charge in [0.05, 0.1) is 29.2 Å². The number of aromatic nitrogens is 7. The molecule has 1 unspecified atom stereocenters. The lowest BCUT2D eigenvalue weighted by atomic mass is 10.1. The predicted octanol–water partition coefficient (Wildman–Crippen LogP) is 2.96. The maximum absolute atomic E-state index is 13.9. The standard InChI is InChI=1S/C25H21N8OP/c1-14-5-4-6-15-9-17(33(25(34)20(14)15)18-7-2-3-8-19(18)35)12-32-24-21(23(26)27-13-28-24)22(31-32)16-10-29-30-11-16/h2-11,13H,12,35H2,1H3,(H,29,30)(H2,26,27,28). The van der Waals surface area contributed by atoms with Gasteiger partial charge in [-0.1, -0.05) is 36.4 Å². The molecule has 1 atom stereocenters. The van der Waals surface area contributed by atoms with Crippen LogP contribution < -0.4 is 16.6 Å². The Morgan fingerprint density at radius 2 is 1.94 bits per heavy atom. The van der Waals surface area contributed by atoms with Crippen molar-refractivity contribution < 1.29 is 0 Å². The van der Waals surface area contributed by atoms with Gasteiger partial charge in [-0.15, -0.1) is 9.24 Å². The van der Waals surface area contributed by atoms with Crippen molar-refractivity contribution in [2.75, 3.05) is 5.73 Å². The number of rotatable bonds is 4. The van der Waals surface area contributed by atoms with Crippen LogP contribution in [0.1, 0.15) is 11.3 Å². The van der Waals surface area contributed by atoms with Gasteiger partial charge in [0, 0.05) is 17.5 Å². The summed E-state index contributed by atoms with van der Waals surface area (Å²) in [4.78, 5) is 22.5. The number of benzene rings is 2. The Bertz CT molecular complexity index is 1790. The molecule has 10 heteroatoms. The number of nitrogens with one attached hydrogen (secondary N) is 1. The molecule has 2 aromatic carbocycles. The van der Waals surface area contributed by atoms with Crippen LogP contribution in [-0.4, -0.2) is 34.5 Å². The first kappa shape index (κ1) is 21.2. The maximum Gasteiger partial charge on any atom is 0.263 e. The highest BCUT2D eigenvalue weighted by atomic mass is 31.0. The van der Waals surface area contributed by atoms with Gasteiger partial charge >= 0.3 is 0 Å². The van der Waals surface area contributed by atoms with Crippen LogP contribution in [0.4, 0.5) is 5.82 Å². The number of aryl methyl sites for hydroxylation is 1. The van der Waals surface area contributed by atoms with Crippen LogP contribution in [-0.2, 0) is 6.54 Å². The summed E-state index contributed by atoms with van der Waals surface area (Å²) in [7, 11) is 2.72. The van der Waals surface area contributed by atoms with Crippen LogP contribution in [0.2, 0.25) is 0 Å². The second-order valence-electron chi connectivity index (χ2n) is 8.32. The van der Waals surface area contributed by atoms with Crippen molar-refractivity contribution in [1.29, 1.82) is 0 Å². The lowest BCUT2D eigenvalue weighted by Gasteiger charge is -2.17. The van der Waals surface area contributed by atoms with Gasteiger partial charge in [0.25, 0.3) is 5.56 Å². The minimum atomic E-state index is -0.0776. The van der Waals surface area contributed by atoms with E-state index in [0.29, 0.717) is 34.5 Å². The van der Waals surface area contributed by atoms with E-state index >= 15 is 0 Å². The van der Waals surface area contributed by atoms with Gasteiger partial charge in [-0.05, 0) is 35.3 Å². The molecule has 0 aliphatic heterocycles. The van der Waals surface area contributed by atoms with Gasteiger partial charge < -0.3 is 5.73 Å². The van der Waals surface area contributed by atoms with Crippen molar-refractivity contribution in [2.45, 2.75) is 13.5 Å². The third kappa shape index (κ3) is 3.40. The van der Waals surface area contributed by atoms with Gasteiger partial charge in [-0.25, -0.2) is 14.6 Å². The summed E-state index contributed by atoms with van der Waals surface area (Å²) in [5.41, 5.74) is 10.6. The Labute approximate surface area is 201 Å². The summed E-state index contributed by atoms with van der Waals surface area (Å²) in [6.07, 6.45) is 4.85. The monoisotopic (exact) mass is 480 g/mol. The number of para-hydroxylation sites is 1. The van der Waals surface area contributed by atoms with Gasteiger partial charge in [0.2, 0.25) is 0 Å². The summed E-state index contributed by atoms with van der Waals surface area (Å²) < 4.78 is 3.52. The Hall–Kier alpha value is -4.36. The molecule has 4 aromatic heterocycles. The van der Waals surface area contributed by atoms with Crippen LogP contribution in [0.15, 0.2) is 72.0 Å². The van der Waals surface area contributed by atoms with Crippen molar-refractivity contribution in [3.05, 3.63) is 88.9 Å². The lowest BCUT2D eigenvalue weighted by molar-refractivity contribution is 0.673. The summed E-state index contributed by atoms with van der Waals surface area (Å²) in [5, 5.41) is 14.8. The third-order valence-electron chi connectivity index (χ3n) is 6.15. The fraction of sp³-hybridized carbons (Fsp3) is 0.0800. The summed E-state index contributed by atoms with van der Waals surface area (Å²) in [5.74, 6) is 0.333. The van der Waals surface area contributed by atoms with Crippen molar-refractivity contribution in [3.63, 3.8) is 0 Å². The number of H-pyrrole nitrogens is 1. The number of hydrogen-bond donors (Lipinski definition) is 2. The molecule has 0 radical (unpaired) electrons. The minimum Gasteiger partial charge on any atom is -0.383 e. The first-order chi connectivity index (χ1) is 17.0. The van der Waals surface area contributed by atoms with Crippen LogP contribution in [0.3, 0.4) is 0 Å². The molecule has 172 valence electrons. The smallest absolute Gasteiger partial charge is 0.263 e. The maximum atomic E-state index is 13.9. The number of nitrogen functional groups attached to an aromatic ring is 1. The number of nitrogens with zero attached hydrogens (tertiary/aromatic N) is 6. The van der Waals surface area contributed by atoms with Crippen LogP contribution in [0.25, 0.3) is 38.8 Å². The summed E-state index contributed by atoms with van der Waals surface area (Å²) in [6.45, 7) is 2.25. The highest BCUT2D eigenvalue weighted by Crippen LogP contribution is 2.30. The Morgan fingerprint density at radius 3 is 2.74 bits per heavy atom. The molecule has 0 saturated carbocycles. The number of nitrogens with two attached hydrogens (primary N) is 1. The molecule has 0 aliphatic carbocycles. The van der Waals surface area contributed by atoms with Gasteiger partial charge in [-0.3, -0.25) is 14.5 Å². The molecule has 0 bridgehead atoms. The van der Waals surface area contributed by atoms with E-state index in [9.17, 15) is 4.79 Å². The molecule has 9 nitrogen and oxygen atoms in total. The fourth-order valence-corrected chi connectivity index (χ4v) is 4.87. The SMILES string of the molecule is Cc1cccc2cc(Cn3nc(-c4cn[nH]c4)c4c(N)ncnc43)n(-c3ccccc3P)c(=O)c12. The largest absolute Gasteiger partial charge is 0.383 e. The first-order valence-corrected chi connectivity index (χ1v) is 11.6. The van der Waals surface area contributed by atoms with Gasteiger partial charge in [-0.2, -0.15) is 10.2 Å². The molecule has 0 saturated heterocycles. The number of hydrogen-bond acceptors (Lipinski definition) is 6. The molecule has 35 heavy (non-hydrogen) atoms. The number of anilines is 1. The highest BCUT2D eigenvalue weighted by Gasteiger charge is 2.20. The topological polar surface area (TPSA) is 120 Å². The van der Waals surface area contributed by atoms with E-state index in [0.717, 1.165) is 33.2 Å². The average Bonchev–Trinajstić information content (AvgIpc) is 3.49.